The Balaban J connectivity index is 1.50. The first-order valence-electron chi connectivity index (χ1n) is 8.86. The van der Waals surface area contributed by atoms with Crippen molar-refractivity contribution >= 4 is 34.6 Å². The average molecular weight is 392 g/mol. The number of nitrogens with zero attached hydrogens (tertiary/aromatic N) is 2. The minimum atomic E-state index is -0.299. The Morgan fingerprint density at radius 1 is 1.12 bits per heavy atom. The molecule has 3 rings (SSSR count). The van der Waals surface area contributed by atoms with Crippen molar-refractivity contribution in [3.05, 3.63) is 64.4 Å². The van der Waals surface area contributed by atoms with E-state index in [4.69, 9.17) is 23.8 Å². The number of rotatable bonds is 4. The minimum Gasteiger partial charge on any atom is -0.346 e. The van der Waals surface area contributed by atoms with Crippen LogP contribution in [0, 0.1) is 5.82 Å². The molecule has 0 unspecified atom stereocenters. The van der Waals surface area contributed by atoms with E-state index in [-0.39, 0.29) is 5.82 Å². The Morgan fingerprint density at radius 2 is 1.81 bits per heavy atom. The monoisotopic (exact) mass is 391 g/mol. The van der Waals surface area contributed by atoms with Gasteiger partial charge in [0.1, 0.15) is 5.82 Å². The summed E-state index contributed by atoms with van der Waals surface area (Å²) >= 11 is 11.7. The second-order valence-electron chi connectivity index (χ2n) is 6.48. The summed E-state index contributed by atoms with van der Waals surface area (Å²) in [6.07, 6.45) is 1.03. The Bertz CT molecular complexity index is 758. The molecule has 1 fully saturated rings. The van der Waals surface area contributed by atoms with Crippen LogP contribution in [0.25, 0.3) is 0 Å². The highest BCUT2D eigenvalue weighted by Gasteiger charge is 2.19. The van der Waals surface area contributed by atoms with Gasteiger partial charge in [0.05, 0.1) is 0 Å². The number of nitrogens with one attached hydrogen (secondary N) is 1. The average Bonchev–Trinajstić information content (AvgIpc) is 2.65. The topological polar surface area (TPSA) is 18.5 Å². The largest absolute Gasteiger partial charge is 0.346 e. The molecule has 0 bridgehead atoms. The molecule has 0 spiro atoms. The molecule has 0 radical (unpaired) electrons. The molecule has 1 aliphatic heterocycles. The van der Waals surface area contributed by atoms with Crippen molar-refractivity contribution in [3.8, 4) is 0 Å². The van der Waals surface area contributed by atoms with Crippen LogP contribution < -0.4 is 5.32 Å². The second-order valence-corrected chi connectivity index (χ2v) is 7.27. The number of aryl methyl sites for hydroxylation is 1. The van der Waals surface area contributed by atoms with Gasteiger partial charge in [-0.05, 0) is 54.0 Å². The third-order valence-electron chi connectivity index (χ3n) is 4.68. The van der Waals surface area contributed by atoms with E-state index < -0.39 is 0 Å². The van der Waals surface area contributed by atoms with Crippen LogP contribution in [-0.2, 0) is 13.0 Å². The maximum Gasteiger partial charge on any atom is 0.173 e. The number of anilines is 1. The summed E-state index contributed by atoms with van der Waals surface area (Å²) in [5.41, 5.74) is 3.29. The smallest absolute Gasteiger partial charge is 0.173 e. The van der Waals surface area contributed by atoms with Crippen LogP contribution in [-0.4, -0.2) is 41.1 Å². The summed E-state index contributed by atoms with van der Waals surface area (Å²) in [5, 5.41) is 4.56. The molecular formula is C20H23ClFN3S. The highest BCUT2D eigenvalue weighted by atomic mass is 35.5. The number of benzene rings is 2. The van der Waals surface area contributed by atoms with E-state index in [0.29, 0.717) is 5.02 Å². The van der Waals surface area contributed by atoms with Gasteiger partial charge in [-0.3, -0.25) is 4.90 Å². The van der Waals surface area contributed by atoms with Gasteiger partial charge in [0.2, 0.25) is 0 Å². The van der Waals surface area contributed by atoms with E-state index in [0.717, 1.165) is 55.5 Å². The molecule has 0 amide bonds. The van der Waals surface area contributed by atoms with Gasteiger partial charge in [-0.1, -0.05) is 36.7 Å². The van der Waals surface area contributed by atoms with Crippen molar-refractivity contribution < 1.29 is 4.39 Å². The molecule has 0 atom stereocenters. The van der Waals surface area contributed by atoms with Crippen LogP contribution >= 0.6 is 23.8 Å². The van der Waals surface area contributed by atoms with E-state index in [2.05, 4.69) is 46.3 Å². The van der Waals surface area contributed by atoms with Crippen molar-refractivity contribution in [2.45, 2.75) is 19.9 Å². The lowest BCUT2D eigenvalue weighted by atomic mass is 10.1. The molecule has 6 heteroatoms. The highest BCUT2D eigenvalue weighted by molar-refractivity contribution is 7.80. The van der Waals surface area contributed by atoms with E-state index in [9.17, 15) is 4.39 Å². The first kappa shape index (κ1) is 19.1. The van der Waals surface area contributed by atoms with Gasteiger partial charge in [-0.15, -0.1) is 0 Å². The van der Waals surface area contributed by atoms with Gasteiger partial charge in [0, 0.05) is 43.4 Å². The lowest BCUT2D eigenvalue weighted by Crippen LogP contribution is -2.49. The highest BCUT2D eigenvalue weighted by Crippen LogP contribution is 2.20. The minimum absolute atomic E-state index is 0.299. The molecule has 2 aromatic carbocycles. The molecule has 1 aliphatic rings. The van der Waals surface area contributed by atoms with Crippen LogP contribution in [0.5, 0.6) is 0 Å². The SMILES string of the molecule is CCc1ccc(NC(=S)N2CCN(Cc3ccc(F)cc3Cl)CC2)cc1. The number of hydrogen-bond acceptors (Lipinski definition) is 2. The molecule has 26 heavy (non-hydrogen) atoms. The Labute approximate surface area is 164 Å². The van der Waals surface area contributed by atoms with Gasteiger partial charge in [0.15, 0.2) is 5.11 Å². The zero-order chi connectivity index (χ0) is 18.5. The summed E-state index contributed by atoms with van der Waals surface area (Å²) in [6, 6.07) is 13.0. The fraction of sp³-hybridized carbons (Fsp3) is 0.350. The van der Waals surface area contributed by atoms with Gasteiger partial charge in [0.25, 0.3) is 0 Å². The Kier molecular flexibility index (Phi) is 6.46. The second kappa shape index (κ2) is 8.80. The van der Waals surface area contributed by atoms with E-state index in [1.165, 1.54) is 17.7 Å². The van der Waals surface area contributed by atoms with E-state index in [1.807, 2.05) is 0 Å². The fourth-order valence-corrected chi connectivity index (χ4v) is 3.55. The summed E-state index contributed by atoms with van der Waals surface area (Å²) in [6.45, 7) is 6.38. The lowest BCUT2D eigenvalue weighted by Gasteiger charge is -2.36. The number of thiocarbonyl (C=S) groups is 1. The summed E-state index contributed by atoms with van der Waals surface area (Å²) in [7, 11) is 0. The van der Waals surface area contributed by atoms with Crippen LogP contribution in [0.4, 0.5) is 10.1 Å². The van der Waals surface area contributed by atoms with Crippen molar-refractivity contribution in [1.29, 1.82) is 0 Å². The van der Waals surface area contributed by atoms with Gasteiger partial charge in [-0.2, -0.15) is 0 Å². The van der Waals surface area contributed by atoms with Crippen molar-refractivity contribution in [3.63, 3.8) is 0 Å². The fourth-order valence-electron chi connectivity index (χ4n) is 3.03. The van der Waals surface area contributed by atoms with E-state index in [1.54, 1.807) is 6.07 Å². The first-order valence-corrected chi connectivity index (χ1v) is 9.65. The maximum absolute atomic E-state index is 13.2. The van der Waals surface area contributed by atoms with Gasteiger partial charge < -0.3 is 10.2 Å². The third-order valence-corrected chi connectivity index (χ3v) is 5.39. The molecular weight excluding hydrogens is 369 g/mol. The van der Waals surface area contributed by atoms with Crippen LogP contribution in [0.1, 0.15) is 18.1 Å². The van der Waals surface area contributed by atoms with Gasteiger partial charge >= 0.3 is 0 Å². The quantitative estimate of drug-likeness (QED) is 0.770. The van der Waals surface area contributed by atoms with Crippen molar-refractivity contribution in [2.24, 2.45) is 0 Å². The van der Waals surface area contributed by atoms with Crippen LogP contribution in [0.3, 0.4) is 0 Å². The molecule has 138 valence electrons. The lowest BCUT2D eigenvalue weighted by molar-refractivity contribution is 0.177. The summed E-state index contributed by atoms with van der Waals surface area (Å²) < 4.78 is 13.2. The number of halogens is 2. The van der Waals surface area contributed by atoms with E-state index >= 15 is 0 Å². The molecule has 3 nitrogen and oxygen atoms in total. The zero-order valence-corrected chi connectivity index (χ0v) is 16.4. The molecule has 1 N–H and O–H groups in total. The maximum atomic E-state index is 13.2. The normalized spacial score (nSPS) is 15.1. The number of piperazine rings is 1. The molecule has 0 aromatic heterocycles. The Morgan fingerprint density at radius 3 is 2.42 bits per heavy atom. The molecule has 0 aliphatic carbocycles. The predicted molar refractivity (Wildman–Crippen MR) is 110 cm³/mol. The van der Waals surface area contributed by atoms with Crippen LogP contribution in [0.15, 0.2) is 42.5 Å². The summed E-state index contributed by atoms with van der Waals surface area (Å²) in [4.78, 5) is 4.50. The third kappa shape index (κ3) is 4.93. The Hall–Kier alpha value is -1.69. The first-order chi connectivity index (χ1) is 12.5. The molecule has 2 aromatic rings. The molecule has 1 saturated heterocycles. The van der Waals surface area contributed by atoms with Crippen LogP contribution in [0.2, 0.25) is 5.02 Å². The molecule has 0 saturated carbocycles. The zero-order valence-electron chi connectivity index (χ0n) is 14.8. The van der Waals surface area contributed by atoms with Crippen molar-refractivity contribution in [2.75, 3.05) is 31.5 Å². The summed E-state index contributed by atoms with van der Waals surface area (Å²) in [5.74, 6) is -0.299. The molecule has 1 heterocycles. The predicted octanol–water partition coefficient (Wildman–Crippen LogP) is 4.56. The number of hydrogen-bond donors (Lipinski definition) is 1. The van der Waals surface area contributed by atoms with Gasteiger partial charge in [-0.25, -0.2) is 4.39 Å². The standard InChI is InChI=1S/C20H23ClFN3S/c1-2-15-3-7-18(8-4-15)23-20(26)25-11-9-24(10-12-25)14-16-5-6-17(22)13-19(16)21/h3-8,13H,2,9-12,14H2,1H3,(H,23,26). The van der Waals surface area contributed by atoms with Crippen molar-refractivity contribution in [1.82, 2.24) is 9.80 Å².